The van der Waals surface area contributed by atoms with Gasteiger partial charge in [0.15, 0.2) is 5.78 Å². The van der Waals surface area contributed by atoms with Crippen molar-refractivity contribution in [2.24, 2.45) is 0 Å². The van der Waals surface area contributed by atoms with Gasteiger partial charge in [0.1, 0.15) is 10.9 Å². The van der Waals surface area contributed by atoms with E-state index in [2.05, 4.69) is 41.6 Å². The Bertz CT molecular complexity index is 1020. The maximum atomic E-state index is 12.8. The molecule has 3 aromatic rings. The van der Waals surface area contributed by atoms with Crippen molar-refractivity contribution in [3.05, 3.63) is 74.8 Å². The number of allylic oxidation sites excluding steroid dienone is 1. The van der Waals surface area contributed by atoms with Crippen LogP contribution in [0.2, 0.25) is 0 Å². The molecule has 26 heavy (non-hydrogen) atoms. The second-order valence-electron chi connectivity index (χ2n) is 6.14. The van der Waals surface area contributed by atoms with Crippen LogP contribution in [0.3, 0.4) is 0 Å². The van der Waals surface area contributed by atoms with E-state index in [1.54, 1.807) is 6.20 Å². The molecule has 0 radical (unpaired) electrons. The number of nitrogens with zero attached hydrogens (tertiary/aromatic N) is 2. The quantitative estimate of drug-likeness (QED) is 0.654. The minimum atomic E-state index is -0.538. The van der Waals surface area contributed by atoms with Gasteiger partial charge in [-0.3, -0.25) is 10.2 Å². The summed E-state index contributed by atoms with van der Waals surface area (Å²) in [6.45, 7) is 4.12. The molecular weight excluding hydrogens is 362 g/mol. The van der Waals surface area contributed by atoms with E-state index in [1.807, 2.05) is 29.7 Å². The molecule has 4 rings (SSSR count). The first-order valence-corrected chi connectivity index (χ1v) is 9.92. The van der Waals surface area contributed by atoms with Gasteiger partial charge in [0.25, 0.3) is 0 Å². The molecule has 0 saturated carbocycles. The lowest BCUT2D eigenvalue weighted by atomic mass is 10.1. The lowest BCUT2D eigenvalue weighted by Crippen LogP contribution is -2.11. The van der Waals surface area contributed by atoms with Gasteiger partial charge in [-0.1, -0.05) is 30.0 Å². The molecule has 1 fully saturated rings. The number of carbonyl (C=O) groups excluding carboxylic acids is 1. The number of thiazole rings is 1. The van der Waals surface area contributed by atoms with Crippen LogP contribution in [0.15, 0.2) is 52.9 Å². The van der Waals surface area contributed by atoms with E-state index in [9.17, 15) is 4.79 Å². The second-order valence-corrected chi connectivity index (χ2v) is 8.15. The summed E-state index contributed by atoms with van der Waals surface area (Å²) in [6.07, 6.45) is 3.59. The molecule has 0 aliphatic carbocycles. The predicted octanol–water partition coefficient (Wildman–Crippen LogP) is 4.97. The number of hydrogen-bond acceptors (Lipinski definition) is 5. The predicted molar refractivity (Wildman–Crippen MR) is 108 cm³/mol. The van der Waals surface area contributed by atoms with Gasteiger partial charge in [0.05, 0.1) is 9.95 Å². The van der Waals surface area contributed by atoms with Crippen LogP contribution in [0.1, 0.15) is 27.9 Å². The number of benzene rings is 1. The highest BCUT2D eigenvalue weighted by atomic mass is 32.2. The van der Waals surface area contributed by atoms with Crippen molar-refractivity contribution in [1.82, 2.24) is 9.55 Å². The third-order valence-corrected chi connectivity index (χ3v) is 6.29. The number of nitrogens with one attached hydrogen (secondary N) is 1. The zero-order valence-electron chi connectivity index (χ0n) is 14.4. The molecule has 1 unspecified atom stereocenters. The Kier molecular flexibility index (Phi) is 4.38. The molecule has 0 bridgehead atoms. The first kappa shape index (κ1) is 17.0. The molecule has 3 heterocycles. The highest BCUT2D eigenvalue weighted by Gasteiger charge is 2.38. The first-order chi connectivity index (χ1) is 12.6. The van der Waals surface area contributed by atoms with E-state index in [1.165, 1.54) is 23.1 Å². The van der Waals surface area contributed by atoms with Crippen molar-refractivity contribution in [1.29, 1.82) is 5.41 Å². The Morgan fingerprint density at radius 1 is 1.23 bits per heavy atom. The Hall–Kier alpha value is -2.44. The summed E-state index contributed by atoms with van der Waals surface area (Å²) < 4.78 is 2.18. The van der Waals surface area contributed by atoms with Gasteiger partial charge in [0.2, 0.25) is 0 Å². The van der Waals surface area contributed by atoms with Crippen molar-refractivity contribution in [2.45, 2.75) is 19.8 Å². The summed E-state index contributed by atoms with van der Waals surface area (Å²) in [7, 11) is 0. The van der Waals surface area contributed by atoms with Gasteiger partial charge in [-0.15, -0.1) is 11.3 Å². The van der Waals surface area contributed by atoms with Gasteiger partial charge >= 0.3 is 0 Å². The Balaban J connectivity index is 1.72. The maximum absolute atomic E-state index is 12.8. The molecule has 4 nitrogen and oxygen atoms in total. The third kappa shape index (κ3) is 2.85. The van der Waals surface area contributed by atoms with E-state index < -0.39 is 5.92 Å². The molecule has 0 amide bonds. The molecule has 0 spiro atoms. The second kappa shape index (κ2) is 6.70. The van der Waals surface area contributed by atoms with Gasteiger partial charge in [-0.25, -0.2) is 4.98 Å². The molecule has 130 valence electrons. The van der Waals surface area contributed by atoms with E-state index in [0.717, 1.165) is 22.6 Å². The minimum absolute atomic E-state index is 0.0283. The fourth-order valence-electron chi connectivity index (χ4n) is 3.24. The molecule has 2 aromatic heterocycles. The minimum Gasteiger partial charge on any atom is -0.318 e. The van der Waals surface area contributed by atoms with Gasteiger partial charge in [-0.2, -0.15) is 0 Å². The number of hydrogen-bond donors (Lipinski definition) is 1. The van der Waals surface area contributed by atoms with Crippen LogP contribution < -0.4 is 0 Å². The molecule has 1 aliphatic rings. The highest BCUT2D eigenvalue weighted by molar-refractivity contribution is 8.19. The van der Waals surface area contributed by atoms with E-state index in [4.69, 9.17) is 5.41 Å². The Labute approximate surface area is 160 Å². The number of ketones is 1. The standard InChI is InChI=1S/C20H17N3OS2/c1-12-10-14(13(2)23(12)15-6-4-3-5-7-15)11-16-18(24)17(19(21)26-16)20-22-8-9-25-20/h3-11,17,21H,1-2H3. The van der Waals surface area contributed by atoms with Crippen LogP contribution in [-0.2, 0) is 4.79 Å². The topological polar surface area (TPSA) is 58.7 Å². The molecular formula is C20H17N3OS2. The number of Topliss-reactive ketones (excluding diaryl/α,β-unsaturated/α-hetero) is 1. The summed E-state index contributed by atoms with van der Waals surface area (Å²) in [5.41, 5.74) is 4.31. The van der Waals surface area contributed by atoms with Crippen LogP contribution in [0.4, 0.5) is 0 Å². The Morgan fingerprint density at radius 2 is 2.00 bits per heavy atom. The lowest BCUT2D eigenvalue weighted by molar-refractivity contribution is -0.114. The normalized spacial score (nSPS) is 18.8. The first-order valence-electron chi connectivity index (χ1n) is 8.22. The van der Waals surface area contributed by atoms with E-state index >= 15 is 0 Å². The van der Waals surface area contributed by atoms with Crippen LogP contribution in [-0.4, -0.2) is 20.4 Å². The van der Waals surface area contributed by atoms with Crippen LogP contribution in [0.5, 0.6) is 0 Å². The number of carbonyl (C=O) groups is 1. The number of para-hydroxylation sites is 1. The van der Waals surface area contributed by atoms with Crippen molar-refractivity contribution >= 4 is 40.0 Å². The van der Waals surface area contributed by atoms with Crippen molar-refractivity contribution < 1.29 is 4.79 Å². The van der Waals surface area contributed by atoms with Crippen LogP contribution in [0, 0.1) is 19.3 Å². The zero-order chi connectivity index (χ0) is 18.3. The fraction of sp³-hybridized carbons (Fsp3) is 0.150. The number of rotatable bonds is 3. The van der Waals surface area contributed by atoms with Crippen molar-refractivity contribution in [2.75, 3.05) is 0 Å². The van der Waals surface area contributed by atoms with E-state index in [0.29, 0.717) is 15.0 Å². The molecule has 1 atom stereocenters. The summed E-state index contributed by atoms with van der Waals surface area (Å²) in [5, 5.41) is 11.1. The molecule has 1 aliphatic heterocycles. The molecule has 6 heteroatoms. The van der Waals surface area contributed by atoms with Crippen LogP contribution >= 0.6 is 23.1 Å². The van der Waals surface area contributed by atoms with Gasteiger partial charge < -0.3 is 4.57 Å². The lowest BCUT2D eigenvalue weighted by Gasteiger charge is -2.09. The molecule has 1 N–H and O–H groups in total. The highest BCUT2D eigenvalue weighted by Crippen LogP contribution is 2.41. The SMILES string of the molecule is Cc1cc(C=C2SC(=N)C(c3nccs3)C2=O)c(C)n1-c1ccccc1. The smallest absolute Gasteiger partial charge is 0.186 e. The zero-order valence-corrected chi connectivity index (χ0v) is 16.0. The third-order valence-electron chi connectivity index (χ3n) is 4.46. The van der Waals surface area contributed by atoms with Crippen molar-refractivity contribution in [3.63, 3.8) is 0 Å². The van der Waals surface area contributed by atoms with E-state index in [-0.39, 0.29) is 5.78 Å². The maximum Gasteiger partial charge on any atom is 0.186 e. The molecule has 1 aromatic carbocycles. The average molecular weight is 380 g/mol. The van der Waals surface area contributed by atoms with Gasteiger partial charge in [0, 0.05) is 28.7 Å². The number of thioether (sulfide) groups is 1. The Morgan fingerprint density at radius 3 is 2.69 bits per heavy atom. The van der Waals surface area contributed by atoms with Crippen molar-refractivity contribution in [3.8, 4) is 5.69 Å². The van der Waals surface area contributed by atoms with Gasteiger partial charge in [-0.05, 0) is 43.7 Å². The summed E-state index contributed by atoms with van der Waals surface area (Å²) in [6, 6.07) is 12.3. The number of aryl methyl sites for hydroxylation is 1. The largest absolute Gasteiger partial charge is 0.318 e. The summed E-state index contributed by atoms with van der Waals surface area (Å²) in [4.78, 5) is 17.7. The molecule has 1 saturated heterocycles. The average Bonchev–Trinajstić information content (AvgIpc) is 3.30. The summed E-state index contributed by atoms with van der Waals surface area (Å²) in [5.74, 6) is -0.566. The fourth-order valence-corrected chi connectivity index (χ4v) is 5.04. The number of aromatic nitrogens is 2. The summed E-state index contributed by atoms with van der Waals surface area (Å²) >= 11 is 2.67. The monoisotopic (exact) mass is 379 g/mol. The van der Waals surface area contributed by atoms with Crippen LogP contribution in [0.25, 0.3) is 11.8 Å².